The minimum Gasteiger partial charge on any atom is -0.455 e. The number of nitrogens with one attached hydrogen (secondary N) is 1. The number of aryl methyl sites for hydroxylation is 1. The van der Waals surface area contributed by atoms with Crippen molar-refractivity contribution in [1.82, 2.24) is 19.6 Å². The summed E-state index contributed by atoms with van der Waals surface area (Å²) in [4.78, 5) is 32.3. The van der Waals surface area contributed by atoms with Gasteiger partial charge < -0.3 is 10.1 Å². The summed E-state index contributed by atoms with van der Waals surface area (Å²) in [6, 6.07) is 17.1. The summed E-state index contributed by atoms with van der Waals surface area (Å²) in [6.45, 7) is 2.00. The van der Waals surface area contributed by atoms with Gasteiger partial charge in [0.15, 0.2) is 5.65 Å². The molecule has 10 heteroatoms. The molecule has 0 aliphatic carbocycles. The van der Waals surface area contributed by atoms with Gasteiger partial charge in [0, 0.05) is 30.1 Å². The number of nitrogens with zero attached hydrogens (tertiary/aromatic N) is 5. The highest BCUT2D eigenvalue weighted by atomic mass is 16.6. The van der Waals surface area contributed by atoms with E-state index in [1.165, 1.54) is 30.6 Å². The molecular weight excluding hydrogens is 448 g/mol. The second-order valence-electron chi connectivity index (χ2n) is 7.71. The average Bonchev–Trinajstić information content (AvgIpc) is 3.30. The fourth-order valence-corrected chi connectivity index (χ4v) is 3.56. The Bertz CT molecular complexity index is 1550. The molecule has 1 N–H and O–H groups in total. The topological polar surface area (TPSA) is 125 Å². The fraction of sp³-hybridized carbons (Fsp3) is 0.0400. The Morgan fingerprint density at radius 1 is 1.03 bits per heavy atom. The first kappa shape index (κ1) is 21.7. The molecule has 0 atom stereocenters. The molecule has 172 valence electrons. The van der Waals surface area contributed by atoms with E-state index in [2.05, 4.69) is 20.4 Å². The molecule has 3 aromatic heterocycles. The summed E-state index contributed by atoms with van der Waals surface area (Å²) < 4.78 is 7.27. The molecule has 0 unspecified atom stereocenters. The Kier molecular flexibility index (Phi) is 5.60. The van der Waals surface area contributed by atoms with Crippen molar-refractivity contribution in [2.24, 2.45) is 0 Å². The van der Waals surface area contributed by atoms with Crippen LogP contribution in [0.2, 0.25) is 0 Å². The Morgan fingerprint density at radius 2 is 1.86 bits per heavy atom. The van der Waals surface area contributed by atoms with Gasteiger partial charge in [0.25, 0.3) is 11.6 Å². The van der Waals surface area contributed by atoms with Crippen molar-refractivity contribution in [3.05, 3.63) is 107 Å². The van der Waals surface area contributed by atoms with E-state index in [0.29, 0.717) is 11.4 Å². The summed E-state index contributed by atoms with van der Waals surface area (Å²) in [7, 11) is 0. The summed E-state index contributed by atoms with van der Waals surface area (Å²) >= 11 is 0. The first-order valence-corrected chi connectivity index (χ1v) is 10.6. The monoisotopic (exact) mass is 466 g/mol. The van der Waals surface area contributed by atoms with Crippen LogP contribution >= 0.6 is 0 Å². The quantitative estimate of drug-likeness (QED) is 0.274. The third kappa shape index (κ3) is 4.53. The first-order chi connectivity index (χ1) is 17.0. The van der Waals surface area contributed by atoms with Gasteiger partial charge in [-0.25, -0.2) is 9.50 Å². The summed E-state index contributed by atoms with van der Waals surface area (Å²) in [5.41, 5.74) is 3.37. The SMILES string of the molecule is Cc1ccc(-c2ccnc3c(C(=O)Nc4cc(Oc5cccnc5)cc([N+](=O)[O-])c4)cnn23)cc1. The molecule has 5 rings (SSSR count). The molecule has 0 radical (unpaired) electrons. The van der Waals surface area contributed by atoms with E-state index >= 15 is 0 Å². The number of rotatable bonds is 6. The van der Waals surface area contributed by atoms with Crippen LogP contribution in [-0.2, 0) is 0 Å². The molecule has 0 fully saturated rings. The average molecular weight is 466 g/mol. The van der Waals surface area contributed by atoms with E-state index in [-0.39, 0.29) is 22.7 Å². The van der Waals surface area contributed by atoms with Gasteiger partial charge in [-0.05, 0) is 25.1 Å². The summed E-state index contributed by atoms with van der Waals surface area (Å²) in [5.74, 6) is 0.0734. The Balaban J connectivity index is 1.46. The lowest BCUT2D eigenvalue weighted by molar-refractivity contribution is -0.384. The fourth-order valence-electron chi connectivity index (χ4n) is 3.56. The van der Waals surface area contributed by atoms with E-state index < -0.39 is 10.8 Å². The third-order valence-corrected chi connectivity index (χ3v) is 5.22. The number of nitro benzene ring substituents is 1. The van der Waals surface area contributed by atoms with Crippen molar-refractivity contribution < 1.29 is 14.5 Å². The number of hydrogen-bond acceptors (Lipinski definition) is 7. The maximum absolute atomic E-state index is 13.1. The maximum Gasteiger partial charge on any atom is 0.275 e. The zero-order valence-corrected chi connectivity index (χ0v) is 18.5. The van der Waals surface area contributed by atoms with Gasteiger partial charge in [-0.1, -0.05) is 29.8 Å². The number of hydrogen-bond donors (Lipinski definition) is 1. The normalized spacial score (nSPS) is 10.8. The second kappa shape index (κ2) is 9.02. The molecule has 0 spiro atoms. The summed E-state index contributed by atoms with van der Waals surface area (Å²) in [5, 5.41) is 18.5. The highest BCUT2D eigenvalue weighted by molar-refractivity contribution is 6.08. The van der Waals surface area contributed by atoms with Gasteiger partial charge in [0.1, 0.15) is 17.1 Å². The number of amides is 1. The molecule has 3 heterocycles. The van der Waals surface area contributed by atoms with Gasteiger partial charge in [-0.2, -0.15) is 5.10 Å². The smallest absolute Gasteiger partial charge is 0.275 e. The predicted octanol–water partition coefficient (Wildman–Crippen LogP) is 5.05. The molecule has 0 saturated heterocycles. The van der Waals surface area contributed by atoms with E-state index in [1.807, 2.05) is 37.3 Å². The molecule has 35 heavy (non-hydrogen) atoms. The van der Waals surface area contributed by atoms with Gasteiger partial charge in [-0.15, -0.1) is 0 Å². The van der Waals surface area contributed by atoms with Crippen molar-refractivity contribution in [1.29, 1.82) is 0 Å². The van der Waals surface area contributed by atoms with Gasteiger partial charge in [-0.3, -0.25) is 19.9 Å². The lowest BCUT2D eigenvalue weighted by Gasteiger charge is -2.09. The molecule has 10 nitrogen and oxygen atoms in total. The minimum atomic E-state index is -0.559. The number of nitro groups is 1. The van der Waals surface area contributed by atoms with Crippen molar-refractivity contribution in [2.75, 3.05) is 5.32 Å². The number of non-ortho nitro benzene ring substituents is 1. The number of pyridine rings is 1. The van der Waals surface area contributed by atoms with Gasteiger partial charge >= 0.3 is 0 Å². The second-order valence-corrected chi connectivity index (χ2v) is 7.71. The standard InChI is InChI=1S/C25H18N6O4/c1-16-4-6-17(7-5-16)23-8-10-27-24-22(15-28-30(23)24)25(32)29-18-11-19(31(33)34)13-21(12-18)35-20-3-2-9-26-14-20/h2-15H,1H3,(H,29,32). The van der Waals surface area contributed by atoms with Crippen LogP contribution in [0.4, 0.5) is 11.4 Å². The Morgan fingerprint density at radius 3 is 2.60 bits per heavy atom. The molecule has 2 aromatic carbocycles. The Labute approximate surface area is 199 Å². The lowest BCUT2D eigenvalue weighted by Crippen LogP contribution is -2.12. The van der Waals surface area contributed by atoms with Crippen LogP contribution < -0.4 is 10.1 Å². The minimum absolute atomic E-state index is 0.183. The van der Waals surface area contributed by atoms with E-state index in [9.17, 15) is 14.9 Å². The van der Waals surface area contributed by atoms with Crippen LogP contribution in [0.15, 0.2) is 85.5 Å². The maximum atomic E-state index is 13.1. The van der Waals surface area contributed by atoms with Crippen LogP contribution in [0, 0.1) is 17.0 Å². The summed E-state index contributed by atoms with van der Waals surface area (Å²) in [6.07, 6.45) is 6.09. The van der Waals surface area contributed by atoms with Crippen molar-refractivity contribution >= 4 is 22.9 Å². The predicted molar refractivity (Wildman–Crippen MR) is 129 cm³/mol. The van der Waals surface area contributed by atoms with Crippen molar-refractivity contribution in [3.8, 4) is 22.8 Å². The number of fused-ring (bicyclic) bond motifs is 1. The molecule has 5 aromatic rings. The number of carbonyl (C=O) groups is 1. The van der Waals surface area contributed by atoms with E-state index in [0.717, 1.165) is 16.8 Å². The molecule has 0 saturated carbocycles. The largest absolute Gasteiger partial charge is 0.455 e. The molecule has 1 amide bonds. The number of carbonyl (C=O) groups excluding carboxylic acids is 1. The zero-order valence-electron chi connectivity index (χ0n) is 18.5. The Hall–Kier alpha value is -5.12. The highest BCUT2D eigenvalue weighted by Gasteiger charge is 2.19. The first-order valence-electron chi connectivity index (χ1n) is 10.6. The molecular formula is C25H18N6O4. The lowest BCUT2D eigenvalue weighted by atomic mass is 10.1. The number of ether oxygens (including phenoxy) is 1. The van der Waals surface area contributed by atoms with Crippen molar-refractivity contribution in [3.63, 3.8) is 0 Å². The molecule has 0 aliphatic heterocycles. The van der Waals surface area contributed by atoms with Crippen molar-refractivity contribution in [2.45, 2.75) is 6.92 Å². The van der Waals surface area contributed by atoms with Crippen LogP contribution in [0.25, 0.3) is 16.9 Å². The van der Waals surface area contributed by atoms with Gasteiger partial charge in [0.05, 0.1) is 34.8 Å². The van der Waals surface area contributed by atoms with Crippen LogP contribution in [-0.4, -0.2) is 30.4 Å². The highest BCUT2D eigenvalue weighted by Crippen LogP contribution is 2.30. The van der Waals surface area contributed by atoms with Crippen LogP contribution in [0.3, 0.4) is 0 Å². The van der Waals surface area contributed by atoms with Gasteiger partial charge in [0.2, 0.25) is 0 Å². The number of aromatic nitrogens is 4. The molecule has 0 aliphatic rings. The number of anilines is 1. The van der Waals surface area contributed by atoms with Crippen LogP contribution in [0.1, 0.15) is 15.9 Å². The van der Waals surface area contributed by atoms with E-state index in [4.69, 9.17) is 4.74 Å². The zero-order chi connectivity index (χ0) is 24.4. The molecule has 0 bridgehead atoms. The van der Waals surface area contributed by atoms with Crippen LogP contribution in [0.5, 0.6) is 11.5 Å². The number of benzene rings is 2. The third-order valence-electron chi connectivity index (χ3n) is 5.22. The van der Waals surface area contributed by atoms with E-state index in [1.54, 1.807) is 29.0 Å².